The summed E-state index contributed by atoms with van der Waals surface area (Å²) in [5.74, 6) is 0.644. The number of ether oxygens (including phenoxy) is 1. The van der Waals surface area contributed by atoms with Gasteiger partial charge in [-0.05, 0) is 36.8 Å². The number of aryl methyl sites for hydroxylation is 1. The average Bonchev–Trinajstić information content (AvgIpc) is 2.38. The summed E-state index contributed by atoms with van der Waals surface area (Å²) in [4.78, 5) is 0. The third kappa shape index (κ3) is 2.89. The zero-order valence-electron chi connectivity index (χ0n) is 10.6. The van der Waals surface area contributed by atoms with Crippen LogP contribution >= 0.6 is 0 Å². The second kappa shape index (κ2) is 4.96. The van der Waals surface area contributed by atoms with Gasteiger partial charge in [0.1, 0.15) is 5.75 Å². The van der Waals surface area contributed by atoms with Gasteiger partial charge in [0.25, 0.3) is 0 Å². The number of benzene rings is 2. The van der Waals surface area contributed by atoms with Crippen LogP contribution in [-0.2, 0) is 6.18 Å². The zero-order valence-corrected chi connectivity index (χ0v) is 10.6. The molecule has 2 aromatic carbocycles. The van der Waals surface area contributed by atoms with E-state index in [0.29, 0.717) is 11.3 Å². The van der Waals surface area contributed by atoms with Crippen molar-refractivity contribution in [3.63, 3.8) is 0 Å². The molecule has 2 rings (SSSR count). The molecule has 0 saturated heterocycles. The van der Waals surface area contributed by atoms with Crippen LogP contribution in [0.5, 0.6) is 5.75 Å². The Balaban J connectivity index is 2.45. The molecular formula is C15H13F3O. The number of rotatable bonds is 2. The molecule has 0 fully saturated rings. The van der Waals surface area contributed by atoms with Crippen LogP contribution in [0, 0.1) is 6.92 Å². The first-order chi connectivity index (χ1) is 8.91. The topological polar surface area (TPSA) is 9.23 Å². The largest absolute Gasteiger partial charge is 0.496 e. The molecule has 19 heavy (non-hydrogen) atoms. The van der Waals surface area contributed by atoms with Crippen molar-refractivity contribution in [2.45, 2.75) is 13.1 Å². The molecule has 0 aliphatic heterocycles. The lowest BCUT2D eigenvalue weighted by Crippen LogP contribution is -2.04. The van der Waals surface area contributed by atoms with Gasteiger partial charge in [0.15, 0.2) is 0 Å². The molecule has 0 spiro atoms. The van der Waals surface area contributed by atoms with Crippen LogP contribution in [0.4, 0.5) is 13.2 Å². The monoisotopic (exact) mass is 266 g/mol. The second-order valence-electron chi connectivity index (χ2n) is 4.28. The quantitative estimate of drug-likeness (QED) is 0.766. The highest BCUT2D eigenvalue weighted by molar-refractivity contribution is 5.71. The molecule has 0 aromatic heterocycles. The van der Waals surface area contributed by atoms with E-state index >= 15 is 0 Å². The Hall–Kier alpha value is -1.97. The standard InChI is InChI=1S/C15H13F3O/c1-10-3-8-14(19-2)13(9-10)11-4-6-12(7-5-11)15(16,17)18/h3-9H,1-2H3. The Morgan fingerprint density at radius 2 is 1.58 bits per heavy atom. The highest BCUT2D eigenvalue weighted by Crippen LogP contribution is 2.34. The van der Waals surface area contributed by atoms with Gasteiger partial charge >= 0.3 is 6.18 Å². The van der Waals surface area contributed by atoms with Crippen molar-refractivity contribution in [1.82, 2.24) is 0 Å². The molecule has 2 aromatic rings. The lowest BCUT2D eigenvalue weighted by molar-refractivity contribution is -0.137. The Labute approximate surface area is 109 Å². The van der Waals surface area contributed by atoms with Crippen LogP contribution in [0.25, 0.3) is 11.1 Å². The minimum absolute atomic E-state index is 0.644. The van der Waals surface area contributed by atoms with Gasteiger partial charge in [0.05, 0.1) is 12.7 Å². The van der Waals surface area contributed by atoms with Gasteiger partial charge in [-0.15, -0.1) is 0 Å². The van der Waals surface area contributed by atoms with Crippen molar-refractivity contribution in [3.8, 4) is 16.9 Å². The summed E-state index contributed by atoms with van der Waals surface area (Å²) >= 11 is 0. The van der Waals surface area contributed by atoms with Crippen LogP contribution in [0.15, 0.2) is 42.5 Å². The first-order valence-corrected chi connectivity index (χ1v) is 5.74. The highest BCUT2D eigenvalue weighted by atomic mass is 19.4. The Morgan fingerprint density at radius 1 is 0.947 bits per heavy atom. The minimum Gasteiger partial charge on any atom is -0.496 e. The van der Waals surface area contributed by atoms with Crippen molar-refractivity contribution in [2.24, 2.45) is 0 Å². The van der Waals surface area contributed by atoms with E-state index in [4.69, 9.17) is 4.74 Å². The van der Waals surface area contributed by atoms with Crippen LogP contribution < -0.4 is 4.74 Å². The van der Waals surface area contributed by atoms with E-state index in [1.807, 2.05) is 25.1 Å². The third-order valence-electron chi connectivity index (χ3n) is 2.88. The summed E-state index contributed by atoms with van der Waals surface area (Å²) < 4.78 is 42.8. The number of hydrogen-bond acceptors (Lipinski definition) is 1. The molecule has 0 bridgehead atoms. The van der Waals surface area contributed by atoms with Crippen molar-refractivity contribution in [2.75, 3.05) is 7.11 Å². The number of methoxy groups -OCH3 is 1. The molecule has 0 saturated carbocycles. The molecule has 100 valence electrons. The highest BCUT2D eigenvalue weighted by Gasteiger charge is 2.30. The molecule has 0 atom stereocenters. The van der Waals surface area contributed by atoms with E-state index in [-0.39, 0.29) is 0 Å². The number of halogens is 3. The van der Waals surface area contributed by atoms with Gasteiger partial charge in [0.2, 0.25) is 0 Å². The van der Waals surface area contributed by atoms with Crippen molar-refractivity contribution in [3.05, 3.63) is 53.6 Å². The van der Waals surface area contributed by atoms with Gasteiger partial charge < -0.3 is 4.74 Å². The molecule has 0 aliphatic rings. The molecule has 0 radical (unpaired) electrons. The van der Waals surface area contributed by atoms with E-state index < -0.39 is 11.7 Å². The van der Waals surface area contributed by atoms with E-state index in [0.717, 1.165) is 23.3 Å². The minimum atomic E-state index is -4.31. The molecule has 1 nitrogen and oxygen atoms in total. The van der Waals surface area contributed by atoms with Gasteiger partial charge in [-0.25, -0.2) is 0 Å². The third-order valence-corrected chi connectivity index (χ3v) is 2.88. The predicted octanol–water partition coefficient (Wildman–Crippen LogP) is 4.69. The number of alkyl halides is 3. The first-order valence-electron chi connectivity index (χ1n) is 5.74. The SMILES string of the molecule is COc1ccc(C)cc1-c1ccc(C(F)(F)F)cc1. The summed E-state index contributed by atoms with van der Waals surface area (Å²) in [5, 5.41) is 0. The predicted molar refractivity (Wildman–Crippen MR) is 68.2 cm³/mol. The maximum atomic E-state index is 12.5. The fourth-order valence-electron chi connectivity index (χ4n) is 1.89. The van der Waals surface area contributed by atoms with E-state index in [9.17, 15) is 13.2 Å². The van der Waals surface area contributed by atoms with Gasteiger partial charge in [-0.3, -0.25) is 0 Å². The van der Waals surface area contributed by atoms with Crippen LogP contribution in [0.1, 0.15) is 11.1 Å². The maximum absolute atomic E-state index is 12.5. The molecule has 0 amide bonds. The molecule has 0 heterocycles. The van der Waals surface area contributed by atoms with Gasteiger partial charge in [-0.1, -0.05) is 23.8 Å². The summed E-state index contributed by atoms with van der Waals surface area (Å²) in [6, 6.07) is 10.7. The molecular weight excluding hydrogens is 253 g/mol. The smallest absolute Gasteiger partial charge is 0.416 e. The maximum Gasteiger partial charge on any atom is 0.416 e. The van der Waals surface area contributed by atoms with Crippen molar-refractivity contribution < 1.29 is 17.9 Å². The fraction of sp³-hybridized carbons (Fsp3) is 0.200. The Bertz CT molecular complexity index is 571. The molecule has 4 heteroatoms. The van der Waals surface area contributed by atoms with E-state index in [1.165, 1.54) is 19.2 Å². The summed E-state index contributed by atoms with van der Waals surface area (Å²) in [5.41, 5.74) is 1.86. The fourth-order valence-corrected chi connectivity index (χ4v) is 1.89. The molecule has 0 aliphatic carbocycles. The van der Waals surface area contributed by atoms with E-state index in [1.54, 1.807) is 0 Å². The lowest BCUT2D eigenvalue weighted by atomic mass is 10.0. The van der Waals surface area contributed by atoms with Crippen LogP contribution in [-0.4, -0.2) is 7.11 Å². The molecule has 0 N–H and O–H groups in total. The summed E-state index contributed by atoms with van der Waals surface area (Å²) in [6.45, 7) is 1.92. The second-order valence-corrected chi connectivity index (χ2v) is 4.28. The first kappa shape index (κ1) is 13.5. The van der Waals surface area contributed by atoms with Crippen molar-refractivity contribution in [1.29, 1.82) is 0 Å². The van der Waals surface area contributed by atoms with Crippen LogP contribution in [0.3, 0.4) is 0 Å². The van der Waals surface area contributed by atoms with Gasteiger partial charge in [0, 0.05) is 5.56 Å². The summed E-state index contributed by atoms with van der Waals surface area (Å²) in [7, 11) is 1.54. The number of hydrogen-bond donors (Lipinski definition) is 0. The average molecular weight is 266 g/mol. The Morgan fingerprint density at radius 3 is 2.11 bits per heavy atom. The summed E-state index contributed by atoms with van der Waals surface area (Å²) in [6.07, 6.45) is -4.31. The van der Waals surface area contributed by atoms with Crippen LogP contribution in [0.2, 0.25) is 0 Å². The normalized spacial score (nSPS) is 11.4. The molecule has 0 unspecified atom stereocenters. The zero-order chi connectivity index (χ0) is 14.0. The Kier molecular flexibility index (Phi) is 3.51. The van der Waals surface area contributed by atoms with Crippen molar-refractivity contribution >= 4 is 0 Å². The lowest BCUT2D eigenvalue weighted by Gasteiger charge is -2.11. The van der Waals surface area contributed by atoms with Gasteiger partial charge in [-0.2, -0.15) is 13.2 Å². The van der Waals surface area contributed by atoms with E-state index in [2.05, 4.69) is 0 Å².